The summed E-state index contributed by atoms with van der Waals surface area (Å²) in [6.45, 7) is 1.79. The van der Waals surface area contributed by atoms with Crippen molar-refractivity contribution in [3.63, 3.8) is 0 Å². The highest BCUT2D eigenvalue weighted by Gasteiger charge is 2.33. The number of hydrogen-bond acceptors (Lipinski definition) is 3. The smallest absolute Gasteiger partial charge is 0.328 e. The van der Waals surface area contributed by atoms with Crippen LogP contribution in [-0.4, -0.2) is 25.0 Å². The maximum Gasteiger partial charge on any atom is 0.328 e. The Hall–Kier alpha value is -1.06. The summed E-state index contributed by atoms with van der Waals surface area (Å²) in [5.74, 6) is -0.498. The second kappa shape index (κ2) is 2.90. The lowest BCUT2D eigenvalue weighted by Gasteiger charge is -2.05. The minimum Gasteiger partial charge on any atom is -0.467 e. The Bertz CT molecular complexity index is 190. The highest BCUT2D eigenvalue weighted by Crippen LogP contribution is 2.14. The topological polar surface area (TPSA) is 55.4 Å². The van der Waals surface area contributed by atoms with Crippen LogP contribution in [0.2, 0.25) is 0 Å². The van der Waals surface area contributed by atoms with Crippen LogP contribution in [0, 0.1) is 5.92 Å². The second-order valence-corrected chi connectivity index (χ2v) is 2.72. The Balaban J connectivity index is 2.53. The Morgan fingerprint density at radius 1 is 1.73 bits per heavy atom. The van der Waals surface area contributed by atoms with Crippen LogP contribution in [0.5, 0.6) is 0 Å². The summed E-state index contributed by atoms with van der Waals surface area (Å²) < 4.78 is 4.48. The largest absolute Gasteiger partial charge is 0.467 e. The van der Waals surface area contributed by atoms with Gasteiger partial charge < -0.3 is 10.1 Å². The first-order valence-electron chi connectivity index (χ1n) is 3.53. The van der Waals surface area contributed by atoms with Gasteiger partial charge in [-0.25, -0.2) is 4.79 Å². The molecular formula is C7H11NO3. The number of carbonyl (C=O) groups excluding carboxylic acids is 2. The standard InChI is InChI=1S/C7H11NO3/c1-4-3-5(7(10)11-2)8-6(4)9/h4-5H,3H2,1-2H3,(H,8,9)/t4-,5+/m1/s1. The van der Waals surface area contributed by atoms with Crippen molar-refractivity contribution in [2.24, 2.45) is 5.92 Å². The van der Waals surface area contributed by atoms with Gasteiger partial charge in [-0.05, 0) is 6.42 Å². The van der Waals surface area contributed by atoms with Crippen LogP contribution in [0.3, 0.4) is 0 Å². The third-order valence-corrected chi connectivity index (χ3v) is 1.84. The van der Waals surface area contributed by atoms with Gasteiger partial charge in [-0.1, -0.05) is 6.92 Å². The molecule has 62 valence electrons. The van der Waals surface area contributed by atoms with Gasteiger partial charge in [0.15, 0.2) is 0 Å². The SMILES string of the molecule is COC(=O)[C@@H]1C[C@@H](C)C(=O)N1. The maximum absolute atomic E-state index is 10.9. The first-order valence-corrected chi connectivity index (χ1v) is 3.53. The number of rotatable bonds is 1. The Kier molecular flexibility index (Phi) is 2.12. The fourth-order valence-corrected chi connectivity index (χ4v) is 1.13. The molecule has 0 unspecified atom stereocenters. The van der Waals surface area contributed by atoms with Crippen molar-refractivity contribution in [3.05, 3.63) is 0 Å². The first-order chi connectivity index (χ1) is 5.15. The highest BCUT2D eigenvalue weighted by molar-refractivity contribution is 5.89. The average molecular weight is 157 g/mol. The third kappa shape index (κ3) is 1.50. The Morgan fingerprint density at radius 3 is 2.73 bits per heavy atom. The molecule has 11 heavy (non-hydrogen) atoms. The molecule has 1 N–H and O–H groups in total. The van der Waals surface area contributed by atoms with Crippen molar-refractivity contribution in [2.45, 2.75) is 19.4 Å². The van der Waals surface area contributed by atoms with E-state index in [2.05, 4.69) is 10.1 Å². The van der Waals surface area contributed by atoms with Gasteiger partial charge in [-0.15, -0.1) is 0 Å². The molecule has 1 rings (SSSR count). The molecule has 0 aromatic rings. The zero-order valence-electron chi connectivity index (χ0n) is 6.59. The van der Waals surface area contributed by atoms with Crippen molar-refractivity contribution < 1.29 is 14.3 Å². The lowest BCUT2D eigenvalue weighted by atomic mass is 10.1. The Labute approximate surface area is 64.9 Å². The van der Waals surface area contributed by atoms with E-state index in [9.17, 15) is 9.59 Å². The molecule has 0 radical (unpaired) electrons. The second-order valence-electron chi connectivity index (χ2n) is 2.72. The third-order valence-electron chi connectivity index (χ3n) is 1.84. The first kappa shape index (κ1) is 8.04. The van der Waals surface area contributed by atoms with Crippen LogP contribution < -0.4 is 5.32 Å². The van der Waals surface area contributed by atoms with Crippen molar-refractivity contribution in [1.29, 1.82) is 0 Å². The summed E-state index contributed by atoms with van der Waals surface area (Å²) in [5.41, 5.74) is 0. The molecule has 1 heterocycles. The fraction of sp³-hybridized carbons (Fsp3) is 0.714. The molecule has 0 aromatic heterocycles. The summed E-state index contributed by atoms with van der Waals surface area (Å²) in [6, 6.07) is -0.428. The van der Waals surface area contributed by atoms with Gasteiger partial charge in [0.2, 0.25) is 5.91 Å². The number of methoxy groups -OCH3 is 1. The molecule has 2 atom stereocenters. The predicted molar refractivity (Wildman–Crippen MR) is 37.7 cm³/mol. The van der Waals surface area contributed by atoms with Gasteiger partial charge in [0.1, 0.15) is 6.04 Å². The lowest BCUT2D eigenvalue weighted by molar-refractivity contribution is -0.143. The van der Waals surface area contributed by atoms with Crippen molar-refractivity contribution in [3.8, 4) is 0 Å². The minimum atomic E-state index is -0.428. The zero-order chi connectivity index (χ0) is 8.43. The number of ether oxygens (including phenoxy) is 1. The monoisotopic (exact) mass is 157 g/mol. The van der Waals surface area contributed by atoms with E-state index in [1.807, 2.05) is 0 Å². The molecule has 0 aromatic carbocycles. The number of amides is 1. The van der Waals surface area contributed by atoms with E-state index in [1.54, 1.807) is 6.92 Å². The predicted octanol–water partition coefficient (Wildman–Crippen LogP) is -0.316. The van der Waals surface area contributed by atoms with Crippen LogP contribution in [-0.2, 0) is 14.3 Å². The molecule has 1 amide bonds. The summed E-state index contributed by atoms with van der Waals surface area (Å²) in [4.78, 5) is 21.8. The van der Waals surface area contributed by atoms with E-state index in [0.29, 0.717) is 6.42 Å². The van der Waals surface area contributed by atoms with Gasteiger partial charge in [-0.3, -0.25) is 4.79 Å². The summed E-state index contributed by atoms with van der Waals surface area (Å²) in [6.07, 6.45) is 0.547. The van der Waals surface area contributed by atoms with Crippen molar-refractivity contribution in [1.82, 2.24) is 5.32 Å². The van der Waals surface area contributed by atoms with Gasteiger partial charge in [0, 0.05) is 5.92 Å². The normalized spacial score (nSPS) is 29.8. The van der Waals surface area contributed by atoms with E-state index in [-0.39, 0.29) is 17.8 Å². The van der Waals surface area contributed by atoms with E-state index in [1.165, 1.54) is 7.11 Å². The van der Waals surface area contributed by atoms with Crippen LogP contribution in [0.15, 0.2) is 0 Å². The van der Waals surface area contributed by atoms with Gasteiger partial charge in [0.25, 0.3) is 0 Å². The molecule has 1 aliphatic rings. The number of carbonyl (C=O) groups is 2. The average Bonchev–Trinajstić information content (AvgIpc) is 2.31. The van der Waals surface area contributed by atoms with Crippen LogP contribution in [0.25, 0.3) is 0 Å². The molecule has 4 heteroatoms. The molecule has 0 aliphatic carbocycles. The summed E-state index contributed by atoms with van der Waals surface area (Å²) in [7, 11) is 1.32. The van der Waals surface area contributed by atoms with Gasteiger partial charge in [0.05, 0.1) is 7.11 Å². The van der Waals surface area contributed by atoms with E-state index in [0.717, 1.165) is 0 Å². The summed E-state index contributed by atoms with van der Waals surface area (Å²) in [5, 5.41) is 2.54. The van der Waals surface area contributed by atoms with Crippen molar-refractivity contribution >= 4 is 11.9 Å². The van der Waals surface area contributed by atoms with E-state index >= 15 is 0 Å². The molecular weight excluding hydrogens is 146 g/mol. The molecule has 0 bridgehead atoms. The number of nitrogens with one attached hydrogen (secondary N) is 1. The van der Waals surface area contributed by atoms with E-state index in [4.69, 9.17) is 0 Å². The number of hydrogen-bond donors (Lipinski definition) is 1. The number of esters is 1. The minimum absolute atomic E-state index is 0.0691. The van der Waals surface area contributed by atoms with Crippen molar-refractivity contribution in [2.75, 3.05) is 7.11 Å². The molecule has 1 fully saturated rings. The van der Waals surface area contributed by atoms with E-state index < -0.39 is 6.04 Å². The molecule has 1 saturated heterocycles. The highest BCUT2D eigenvalue weighted by atomic mass is 16.5. The Morgan fingerprint density at radius 2 is 2.36 bits per heavy atom. The molecule has 0 spiro atoms. The lowest BCUT2D eigenvalue weighted by Crippen LogP contribution is -2.33. The summed E-state index contributed by atoms with van der Waals surface area (Å²) >= 11 is 0. The molecule has 4 nitrogen and oxygen atoms in total. The maximum atomic E-state index is 10.9. The van der Waals surface area contributed by atoms with Crippen LogP contribution in [0.1, 0.15) is 13.3 Å². The fourth-order valence-electron chi connectivity index (χ4n) is 1.13. The van der Waals surface area contributed by atoms with Crippen LogP contribution >= 0.6 is 0 Å². The van der Waals surface area contributed by atoms with Gasteiger partial charge in [-0.2, -0.15) is 0 Å². The zero-order valence-corrected chi connectivity index (χ0v) is 6.59. The molecule has 1 aliphatic heterocycles. The molecule has 0 saturated carbocycles. The van der Waals surface area contributed by atoms with Gasteiger partial charge >= 0.3 is 5.97 Å². The van der Waals surface area contributed by atoms with Crippen LogP contribution in [0.4, 0.5) is 0 Å². The quantitative estimate of drug-likeness (QED) is 0.531.